The van der Waals surface area contributed by atoms with Crippen molar-refractivity contribution >= 4 is 22.6 Å². The first kappa shape index (κ1) is 11.1. The van der Waals surface area contributed by atoms with Gasteiger partial charge in [0.25, 0.3) is 0 Å². The van der Waals surface area contributed by atoms with Crippen LogP contribution in [0.25, 0.3) is 11.0 Å². The Balaban J connectivity index is 2.06. The van der Waals surface area contributed by atoms with Crippen LogP contribution in [0, 0.1) is 0 Å². The minimum atomic E-state index is -0.244. The number of halogens is 1. The third-order valence-corrected chi connectivity index (χ3v) is 3.19. The average molecular weight is 259 g/mol. The molecule has 3 rings (SSSR count). The third-order valence-electron chi connectivity index (χ3n) is 2.83. The molecule has 3 aromatic rings. The van der Waals surface area contributed by atoms with Crippen molar-refractivity contribution in [3.8, 4) is 5.75 Å². The van der Waals surface area contributed by atoms with Gasteiger partial charge in [-0.1, -0.05) is 47.1 Å². The molecule has 2 aromatic carbocycles. The standard InChI is InChI=1S/C14H9ClNO2/c15-13-12(17)7-6-10-11(16-18-14(10)13)8-9-4-2-1-3-5-9/h1-7H,8H2. The summed E-state index contributed by atoms with van der Waals surface area (Å²) in [5.41, 5.74) is 2.29. The highest BCUT2D eigenvalue weighted by atomic mass is 35.5. The number of rotatable bonds is 2. The van der Waals surface area contributed by atoms with E-state index in [-0.39, 0.29) is 10.8 Å². The third kappa shape index (κ3) is 1.83. The van der Waals surface area contributed by atoms with Gasteiger partial charge in [0.2, 0.25) is 5.75 Å². The molecule has 0 bridgehead atoms. The topological polar surface area (TPSA) is 45.9 Å². The molecule has 1 aromatic heterocycles. The van der Waals surface area contributed by atoms with E-state index in [1.807, 2.05) is 30.3 Å². The van der Waals surface area contributed by atoms with Gasteiger partial charge < -0.3 is 4.52 Å². The Morgan fingerprint density at radius 2 is 1.89 bits per heavy atom. The van der Waals surface area contributed by atoms with E-state index in [1.54, 1.807) is 6.07 Å². The number of aromatic nitrogens is 1. The van der Waals surface area contributed by atoms with Crippen LogP contribution in [0.5, 0.6) is 5.75 Å². The summed E-state index contributed by atoms with van der Waals surface area (Å²) in [6.45, 7) is 0. The molecular formula is C14H9ClNO2. The Morgan fingerprint density at radius 1 is 1.11 bits per heavy atom. The second-order valence-electron chi connectivity index (χ2n) is 4.05. The van der Waals surface area contributed by atoms with Gasteiger partial charge in [-0.2, -0.15) is 0 Å². The largest absolute Gasteiger partial charge is 0.354 e. The molecule has 0 aliphatic rings. The van der Waals surface area contributed by atoms with E-state index >= 15 is 0 Å². The van der Waals surface area contributed by atoms with E-state index in [0.717, 1.165) is 16.6 Å². The average Bonchev–Trinajstić information content (AvgIpc) is 2.79. The smallest absolute Gasteiger partial charge is 0.201 e. The summed E-state index contributed by atoms with van der Waals surface area (Å²) in [6, 6.07) is 13.1. The summed E-state index contributed by atoms with van der Waals surface area (Å²) in [5.74, 6) is -0.244. The van der Waals surface area contributed by atoms with Crippen LogP contribution in [0.15, 0.2) is 47.0 Å². The molecule has 0 atom stereocenters. The summed E-state index contributed by atoms with van der Waals surface area (Å²) in [6.07, 6.45) is 0.655. The molecule has 4 heteroatoms. The van der Waals surface area contributed by atoms with Gasteiger partial charge in [-0.3, -0.25) is 5.11 Å². The number of hydrogen-bond donors (Lipinski definition) is 0. The van der Waals surface area contributed by atoms with Crippen molar-refractivity contribution in [1.82, 2.24) is 5.16 Å². The SMILES string of the molecule is [O]c1ccc2c(Cc3ccccc3)noc2c1Cl. The predicted molar refractivity (Wildman–Crippen MR) is 68.4 cm³/mol. The molecule has 18 heavy (non-hydrogen) atoms. The lowest BCUT2D eigenvalue weighted by atomic mass is 10.1. The van der Waals surface area contributed by atoms with E-state index in [0.29, 0.717) is 12.0 Å². The lowest BCUT2D eigenvalue weighted by molar-refractivity contribution is 0.354. The predicted octanol–water partition coefficient (Wildman–Crippen LogP) is 4.22. The Morgan fingerprint density at radius 3 is 2.67 bits per heavy atom. The Kier molecular flexibility index (Phi) is 2.68. The van der Waals surface area contributed by atoms with Crippen LogP contribution in [0.3, 0.4) is 0 Å². The molecule has 1 heterocycles. The maximum absolute atomic E-state index is 11.4. The van der Waals surface area contributed by atoms with Gasteiger partial charge in [-0.25, -0.2) is 0 Å². The monoisotopic (exact) mass is 258 g/mol. The lowest BCUT2D eigenvalue weighted by Gasteiger charge is -1.97. The summed E-state index contributed by atoms with van der Waals surface area (Å²) in [5, 5.41) is 16.3. The van der Waals surface area contributed by atoms with E-state index in [1.165, 1.54) is 6.07 Å². The molecule has 0 unspecified atom stereocenters. The van der Waals surface area contributed by atoms with Gasteiger partial charge >= 0.3 is 0 Å². The summed E-state index contributed by atoms with van der Waals surface area (Å²) in [7, 11) is 0. The van der Waals surface area contributed by atoms with Gasteiger partial charge in [0.1, 0.15) is 5.02 Å². The zero-order chi connectivity index (χ0) is 12.5. The van der Waals surface area contributed by atoms with E-state index in [4.69, 9.17) is 16.1 Å². The number of fused-ring (bicyclic) bond motifs is 1. The number of nitrogens with zero attached hydrogens (tertiary/aromatic N) is 1. The van der Waals surface area contributed by atoms with Crippen LogP contribution in [0.4, 0.5) is 0 Å². The fraction of sp³-hybridized carbons (Fsp3) is 0.0714. The number of benzene rings is 2. The molecule has 3 nitrogen and oxygen atoms in total. The van der Waals surface area contributed by atoms with Gasteiger partial charge in [-0.05, 0) is 17.7 Å². The van der Waals surface area contributed by atoms with Crippen molar-refractivity contribution in [3.63, 3.8) is 0 Å². The van der Waals surface area contributed by atoms with Gasteiger partial charge in [0.05, 0.1) is 5.69 Å². The molecule has 0 aliphatic heterocycles. The molecule has 0 fully saturated rings. The molecule has 1 radical (unpaired) electrons. The van der Waals surface area contributed by atoms with Crippen molar-refractivity contribution in [2.24, 2.45) is 0 Å². The first-order valence-corrected chi connectivity index (χ1v) is 5.91. The van der Waals surface area contributed by atoms with Crippen LogP contribution in [-0.4, -0.2) is 5.16 Å². The second-order valence-corrected chi connectivity index (χ2v) is 4.42. The normalized spacial score (nSPS) is 10.9. The molecule has 0 spiro atoms. The maximum Gasteiger partial charge on any atom is 0.201 e. The van der Waals surface area contributed by atoms with Crippen molar-refractivity contribution in [2.45, 2.75) is 6.42 Å². The van der Waals surface area contributed by atoms with Crippen molar-refractivity contribution in [1.29, 1.82) is 0 Å². The first-order valence-electron chi connectivity index (χ1n) is 5.53. The zero-order valence-electron chi connectivity index (χ0n) is 9.39. The summed E-state index contributed by atoms with van der Waals surface area (Å²) < 4.78 is 5.15. The summed E-state index contributed by atoms with van der Waals surface area (Å²) >= 11 is 5.90. The lowest BCUT2D eigenvalue weighted by Crippen LogP contribution is -1.87. The zero-order valence-corrected chi connectivity index (χ0v) is 10.1. The molecule has 0 N–H and O–H groups in total. The Bertz CT molecular complexity index is 692. The van der Waals surface area contributed by atoms with Crippen LogP contribution < -0.4 is 0 Å². The second kappa shape index (κ2) is 4.35. The molecular weight excluding hydrogens is 250 g/mol. The van der Waals surface area contributed by atoms with Crippen LogP contribution in [-0.2, 0) is 11.5 Å². The van der Waals surface area contributed by atoms with E-state index in [9.17, 15) is 5.11 Å². The molecule has 0 saturated carbocycles. The quantitative estimate of drug-likeness (QED) is 0.691. The molecule has 0 aliphatic carbocycles. The highest BCUT2D eigenvalue weighted by Crippen LogP contribution is 2.34. The van der Waals surface area contributed by atoms with E-state index in [2.05, 4.69) is 5.16 Å². The van der Waals surface area contributed by atoms with Crippen LogP contribution in [0.2, 0.25) is 5.02 Å². The Labute approximate surface area is 109 Å². The highest BCUT2D eigenvalue weighted by Gasteiger charge is 2.15. The van der Waals surface area contributed by atoms with Crippen molar-refractivity contribution in [2.75, 3.05) is 0 Å². The minimum absolute atomic E-state index is 0.0966. The molecule has 0 saturated heterocycles. The minimum Gasteiger partial charge on any atom is -0.354 e. The number of hydrogen-bond acceptors (Lipinski definition) is 2. The molecule has 0 amide bonds. The highest BCUT2D eigenvalue weighted by molar-refractivity contribution is 6.36. The summed E-state index contributed by atoms with van der Waals surface area (Å²) in [4.78, 5) is 0. The fourth-order valence-corrected chi connectivity index (χ4v) is 2.12. The van der Waals surface area contributed by atoms with Gasteiger partial charge in [0, 0.05) is 11.8 Å². The van der Waals surface area contributed by atoms with Gasteiger partial charge in [0.15, 0.2) is 5.58 Å². The fourth-order valence-electron chi connectivity index (χ4n) is 1.92. The van der Waals surface area contributed by atoms with Crippen molar-refractivity contribution in [3.05, 3.63) is 58.7 Å². The van der Waals surface area contributed by atoms with E-state index < -0.39 is 0 Å². The first-order chi connectivity index (χ1) is 8.75. The molecule has 89 valence electrons. The van der Waals surface area contributed by atoms with Crippen LogP contribution in [0.1, 0.15) is 11.3 Å². The van der Waals surface area contributed by atoms with Crippen LogP contribution >= 0.6 is 11.6 Å². The maximum atomic E-state index is 11.4. The van der Waals surface area contributed by atoms with Crippen molar-refractivity contribution < 1.29 is 9.63 Å². The van der Waals surface area contributed by atoms with Gasteiger partial charge in [-0.15, -0.1) is 0 Å². The Hall–Kier alpha value is -2.00.